The lowest BCUT2D eigenvalue weighted by molar-refractivity contribution is -0.385. The lowest BCUT2D eigenvalue weighted by Gasteiger charge is -2.08. The molecule has 5 nitrogen and oxygen atoms in total. The van der Waals surface area contributed by atoms with E-state index in [-0.39, 0.29) is 11.4 Å². The molecule has 0 spiro atoms. The molecule has 98 valence electrons. The van der Waals surface area contributed by atoms with Crippen LogP contribution in [0.5, 0.6) is 11.5 Å². The number of nitro benzene ring substituents is 1. The summed E-state index contributed by atoms with van der Waals surface area (Å²) in [6.07, 6.45) is 1.66. The molecule has 0 atom stereocenters. The van der Waals surface area contributed by atoms with Crippen LogP contribution in [0.15, 0.2) is 60.8 Å². The number of rotatable bonds is 3. The largest absolute Gasteiger partial charge is 0.448 e. The van der Waals surface area contributed by atoms with Crippen molar-refractivity contribution in [1.82, 2.24) is 4.98 Å². The zero-order valence-corrected chi connectivity index (χ0v) is 10.4. The minimum atomic E-state index is -0.464. The maximum atomic E-state index is 11.0. The Bertz CT molecular complexity index is 781. The minimum Gasteiger partial charge on any atom is -0.448 e. The average molecular weight is 266 g/mol. The van der Waals surface area contributed by atoms with Gasteiger partial charge in [0, 0.05) is 17.6 Å². The summed E-state index contributed by atoms with van der Waals surface area (Å²) < 4.78 is 5.68. The van der Waals surface area contributed by atoms with E-state index in [1.54, 1.807) is 30.5 Å². The van der Waals surface area contributed by atoms with E-state index in [4.69, 9.17) is 4.74 Å². The van der Waals surface area contributed by atoms with Crippen LogP contribution in [0, 0.1) is 10.1 Å². The highest BCUT2D eigenvalue weighted by atomic mass is 16.6. The number of hydrogen-bond donors (Lipinski definition) is 0. The lowest BCUT2D eigenvalue weighted by atomic mass is 10.2. The molecular weight excluding hydrogens is 256 g/mol. The normalized spacial score (nSPS) is 10.4. The highest BCUT2D eigenvalue weighted by molar-refractivity contribution is 5.84. The second-order valence-electron chi connectivity index (χ2n) is 4.16. The second-order valence-corrected chi connectivity index (χ2v) is 4.16. The van der Waals surface area contributed by atoms with E-state index in [2.05, 4.69) is 4.98 Å². The third-order valence-electron chi connectivity index (χ3n) is 2.88. The van der Waals surface area contributed by atoms with Gasteiger partial charge in [-0.05, 0) is 18.2 Å². The Morgan fingerprint density at radius 1 is 0.950 bits per heavy atom. The summed E-state index contributed by atoms with van der Waals surface area (Å²) in [5, 5.41) is 11.9. The van der Waals surface area contributed by atoms with E-state index >= 15 is 0 Å². The molecule has 0 amide bonds. The monoisotopic (exact) mass is 266 g/mol. The summed E-state index contributed by atoms with van der Waals surface area (Å²) in [5.41, 5.74) is 0.605. The van der Waals surface area contributed by atoms with Crippen molar-refractivity contribution < 1.29 is 9.66 Å². The molecule has 5 heteroatoms. The summed E-state index contributed by atoms with van der Waals surface area (Å²) in [6, 6.07) is 15.5. The third-order valence-corrected chi connectivity index (χ3v) is 2.88. The quantitative estimate of drug-likeness (QED) is 0.532. The number of pyridine rings is 1. The first kappa shape index (κ1) is 12.1. The number of benzene rings is 2. The molecule has 0 unspecified atom stereocenters. The molecule has 0 fully saturated rings. The molecule has 0 aliphatic rings. The number of nitrogens with zero attached hydrogens (tertiary/aromatic N) is 2. The van der Waals surface area contributed by atoms with Crippen LogP contribution in [0.2, 0.25) is 0 Å². The van der Waals surface area contributed by atoms with Gasteiger partial charge >= 0.3 is 5.69 Å². The Labute approximate surface area is 114 Å². The highest BCUT2D eigenvalue weighted by Crippen LogP contribution is 2.33. The van der Waals surface area contributed by atoms with Crippen molar-refractivity contribution in [3.63, 3.8) is 0 Å². The van der Waals surface area contributed by atoms with Crippen molar-refractivity contribution >= 4 is 16.6 Å². The van der Waals surface area contributed by atoms with Crippen molar-refractivity contribution in [1.29, 1.82) is 0 Å². The summed E-state index contributed by atoms with van der Waals surface area (Å²) in [6.45, 7) is 0. The van der Waals surface area contributed by atoms with E-state index < -0.39 is 4.92 Å². The van der Waals surface area contributed by atoms with Gasteiger partial charge in [0.25, 0.3) is 0 Å². The van der Waals surface area contributed by atoms with E-state index in [9.17, 15) is 10.1 Å². The lowest BCUT2D eigenvalue weighted by Crippen LogP contribution is -1.94. The van der Waals surface area contributed by atoms with Gasteiger partial charge in [0.05, 0.1) is 4.92 Å². The van der Waals surface area contributed by atoms with Crippen molar-refractivity contribution in [3.8, 4) is 11.5 Å². The predicted octanol–water partition coefficient (Wildman–Crippen LogP) is 3.94. The first-order valence-electron chi connectivity index (χ1n) is 6.01. The van der Waals surface area contributed by atoms with Crippen LogP contribution in [0.4, 0.5) is 5.69 Å². The van der Waals surface area contributed by atoms with Gasteiger partial charge in [-0.15, -0.1) is 0 Å². The van der Waals surface area contributed by atoms with Crippen LogP contribution < -0.4 is 4.74 Å². The summed E-state index contributed by atoms with van der Waals surface area (Å²) in [5.74, 6) is 0.702. The molecule has 0 aliphatic carbocycles. The molecule has 2 aromatic carbocycles. The van der Waals surface area contributed by atoms with Crippen LogP contribution in [-0.4, -0.2) is 9.91 Å². The Morgan fingerprint density at radius 2 is 1.70 bits per heavy atom. The Kier molecular flexibility index (Phi) is 3.01. The van der Waals surface area contributed by atoms with Crippen LogP contribution in [0.25, 0.3) is 10.9 Å². The summed E-state index contributed by atoms with van der Waals surface area (Å²) in [4.78, 5) is 14.8. The Hall–Kier alpha value is -2.95. The number of ether oxygens (including phenoxy) is 1. The third kappa shape index (κ3) is 2.16. The standard InChI is InChI=1S/C15H10N2O3/c18-17(19)12-7-1-2-8-13(12)20-14-9-3-5-11-6-4-10-16-15(11)14/h1-10H. The van der Waals surface area contributed by atoms with Gasteiger partial charge in [-0.25, -0.2) is 0 Å². The first-order valence-corrected chi connectivity index (χ1v) is 6.01. The molecule has 0 radical (unpaired) electrons. The molecule has 20 heavy (non-hydrogen) atoms. The molecule has 0 aliphatic heterocycles. The minimum absolute atomic E-state index is 0.0690. The van der Waals surface area contributed by atoms with Crippen molar-refractivity contribution in [2.24, 2.45) is 0 Å². The average Bonchev–Trinajstić information content (AvgIpc) is 2.48. The number of para-hydroxylation sites is 3. The number of hydrogen-bond acceptors (Lipinski definition) is 4. The summed E-state index contributed by atoms with van der Waals surface area (Å²) in [7, 11) is 0. The topological polar surface area (TPSA) is 65.3 Å². The van der Waals surface area contributed by atoms with Gasteiger partial charge in [-0.2, -0.15) is 0 Å². The maximum Gasteiger partial charge on any atom is 0.311 e. The molecule has 3 rings (SSSR count). The number of fused-ring (bicyclic) bond motifs is 1. The van der Waals surface area contributed by atoms with E-state index in [0.29, 0.717) is 11.3 Å². The highest BCUT2D eigenvalue weighted by Gasteiger charge is 2.15. The Morgan fingerprint density at radius 3 is 2.55 bits per heavy atom. The molecule has 0 saturated heterocycles. The zero-order chi connectivity index (χ0) is 13.9. The predicted molar refractivity (Wildman–Crippen MR) is 74.9 cm³/mol. The van der Waals surface area contributed by atoms with Crippen LogP contribution >= 0.6 is 0 Å². The number of aromatic nitrogens is 1. The Balaban J connectivity index is 2.08. The molecule has 0 saturated carbocycles. The fourth-order valence-electron chi connectivity index (χ4n) is 1.97. The first-order chi connectivity index (χ1) is 9.75. The van der Waals surface area contributed by atoms with Gasteiger partial charge in [0.2, 0.25) is 5.75 Å². The van der Waals surface area contributed by atoms with Gasteiger partial charge in [-0.3, -0.25) is 15.1 Å². The SMILES string of the molecule is O=[N+]([O-])c1ccccc1Oc1cccc2cccnc12. The van der Waals surface area contributed by atoms with Crippen LogP contribution in [0.3, 0.4) is 0 Å². The molecular formula is C15H10N2O3. The van der Waals surface area contributed by atoms with Crippen molar-refractivity contribution in [3.05, 3.63) is 70.9 Å². The van der Waals surface area contributed by atoms with E-state index in [1.807, 2.05) is 24.3 Å². The molecule has 1 aromatic heterocycles. The van der Waals surface area contributed by atoms with Crippen molar-refractivity contribution in [2.75, 3.05) is 0 Å². The van der Waals surface area contributed by atoms with Gasteiger partial charge in [0.15, 0.2) is 5.75 Å². The van der Waals surface area contributed by atoms with Crippen molar-refractivity contribution in [2.45, 2.75) is 0 Å². The maximum absolute atomic E-state index is 11.0. The summed E-state index contributed by atoms with van der Waals surface area (Å²) >= 11 is 0. The smallest absolute Gasteiger partial charge is 0.311 e. The van der Waals surface area contributed by atoms with Gasteiger partial charge < -0.3 is 4.74 Å². The van der Waals surface area contributed by atoms with E-state index in [0.717, 1.165) is 5.39 Å². The fourth-order valence-corrected chi connectivity index (χ4v) is 1.97. The fraction of sp³-hybridized carbons (Fsp3) is 0. The molecule has 1 heterocycles. The molecule has 3 aromatic rings. The van der Waals surface area contributed by atoms with Crippen LogP contribution in [0.1, 0.15) is 0 Å². The zero-order valence-electron chi connectivity index (χ0n) is 10.4. The van der Waals surface area contributed by atoms with Gasteiger partial charge in [-0.1, -0.05) is 30.3 Å². The van der Waals surface area contributed by atoms with Crippen LogP contribution in [-0.2, 0) is 0 Å². The molecule has 0 N–H and O–H groups in total. The number of nitro groups is 1. The molecule has 0 bridgehead atoms. The second kappa shape index (κ2) is 4.97. The van der Waals surface area contributed by atoms with Gasteiger partial charge in [0.1, 0.15) is 5.52 Å². The van der Waals surface area contributed by atoms with E-state index in [1.165, 1.54) is 6.07 Å².